The number of hydrogen-bond donors (Lipinski definition) is 0. The maximum absolute atomic E-state index is 12.2. The number of hydrogen-bond acceptors (Lipinski definition) is 3. The molecule has 0 bridgehead atoms. The maximum Gasteiger partial charge on any atom is 0.305 e. The molecule has 0 saturated heterocycles. The minimum atomic E-state index is -0.164. The lowest BCUT2D eigenvalue weighted by Gasteiger charge is -2.17. The van der Waals surface area contributed by atoms with Crippen LogP contribution in [0.2, 0.25) is 0 Å². The van der Waals surface area contributed by atoms with Crippen LogP contribution in [0.5, 0.6) is 0 Å². The highest BCUT2D eigenvalue weighted by atomic mass is 16.5. The number of nitrogens with zero attached hydrogens (tertiary/aromatic N) is 1. The zero-order chi connectivity index (χ0) is 23.3. The summed E-state index contributed by atoms with van der Waals surface area (Å²) in [5, 5.41) is 0. The Kier molecular flexibility index (Phi) is 17.1. The Morgan fingerprint density at radius 2 is 1.38 bits per heavy atom. The molecule has 0 aliphatic carbocycles. The molecule has 4 nitrogen and oxygen atoms in total. The molecule has 1 aromatic rings. The van der Waals surface area contributed by atoms with Crippen molar-refractivity contribution in [3.63, 3.8) is 0 Å². The molecule has 4 heteroatoms. The van der Waals surface area contributed by atoms with Crippen molar-refractivity contribution in [3.8, 4) is 0 Å². The van der Waals surface area contributed by atoms with Gasteiger partial charge in [-0.25, -0.2) is 0 Å². The first-order valence-electron chi connectivity index (χ1n) is 12.8. The summed E-state index contributed by atoms with van der Waals surface area (Å²) in [6.07, 6.45) is 21.3. The van der Waals surface area contributed by atoms with E-state index < -0.39 is 0 Å². The number of likely N-dealkylation sites (N-methyl/N-ethyl adjacent to an activating group) is 1. The minimum Gasteiger partial charge on any atom is -0.464 e. The van der Waals surface area contributed by atoms with Gasteiger partial charge in [0.2, 0.25) is 0 Å². The van der Waals surface area contributed by atoms with Crippen LogP contribution in [0, 0.1) is 0 Å². The van der Waals surface area contributed by atoms with Gasteiger partial charge in [-0.15, -0.1) is 0 Å². The normalized spacial score (nSPS) is 11.1. The van der Waals surface area contributed by atoms with Gasteiger partial charge in [-0.1, -0.05) is 88.6 Å². The van der Waals surface area contributed by atoms with Gasteiger partial charge in [-0.2, -0.15) is 0 Å². The van der Waals surface area contributed by atoms with Gasteiger partial charge in [0, 0.05) is 19.0 Å². The topological polar surface area (TPSA) is 46.6 Å². The van der Waals surface area contributed by atoms with Crippen LogP contribution in [0.3, 0.4) is 0 Å². The molecule has 0 spiro atoms. The first-order chi connectivity index (χ1) is 15.6. The van der Waals surface area contributed by atoms with Gasteiger partial charge in [0.15, 0.2) is 0 Å². The Morgan fingerprint density at radius 3 is 2.00 bits per heavy atom. The first-order valence-corrected chi connectivity index (χ1v) is 12.8. The van der Waals surface area contributed by atoms with Crippen LogP contribution in [-0.4, -0.2) is 37.0 Å². The van der Waals surface area contributed by atoms with Gasteiger partial charge < -0.3 is 9.64 Å². The van der Waals surface area contributed by atoms with Crippen LogP contribution < -0.4 is 0 Å². The molecule has 0 atom stereocenters. The van der Waals surface area contributed by atoms with Gasteiger partial charge >= 0.3 is 5.97 Å². The van der Waals surface area contributed by atoms with Crippen molar-refractivity contribution in [1.82, 2.24) is 4.90 Å². The van der Waals surface area contributed by atoms with E-state index in [-0.39, 0.29) is 18.5 Å². The maximum atomic E-state index is 12.2. The second-order valence-corrected chi connectivity index (χ2v) is 8.65. The Morgan fingerprint density at radius 1 is 0.812 bits per heavy atom. The Labute approximate surface area is 196 Å². The summed E-state index contributed by atoms with van der Waals surface area (Å²) in [4.78, 5) is 25.7. The fourth-order valence-corrected chi connectivity index (χ4v) is 3.61. The quantitative estimate of drug-likeness (QED) is 0.128. The molecule has 0 unspecified atom stereocenters. The summed E-state index contributed by atoms with van der Waals surface area (Å²) in [5.74, 6) is -0.220. The van der Waals surface area contributed by atoms with Crippen molar-refractivity contribution in [2.24, 2.45) is 0 Å². The molecule has 1 aromatic carbocycles. The summed E-state index contributed by atoms with van der Waals surface area (Å²) in [6.45, 7) is 2.92. The summed E-state index contributed by atoms with van der Waals surface area (Å²) < 4.78 is 5.28. The predicted molar refractivity (Wildman–Crippen MR) is 134 cm³/mol. The zero-order valence-electron chi connectivity index (χ0n) is 20.5. The fourth-order valence-electron chi connectivity index (χ4n) is 3.61. The molecular formula is C28H45NO3. The highest BCUT2D eigenvalue weighted by molar-refractivity contribution is 5.93. The van der Waals surface area contributed by atoms with Crippen LogP contribution >= 0.6 is 0 Å². The van der Waals surface area contributed by atoms with E-state index in [2.05, 4.69) is 19.1 Å². The number of allylic oxidation sites excluding steroid dienone is 2. The standard InChI is InChI=1S/C28H45NO3/c1-3-4-5-6-7-8-9-10-11-12-13-14-15-16-20-23-27(30)32-25-24-29(2)28(31)26-21-18-17-19-22-26/h10-11,17-19,21-22H,3-9,12-16,20,23-25H2,1-2H3. The van der Waals surface area contributed by atoms with E-state index in [0.717, 1.165) is 12.8 Å². The molecule has 0 N–H and O–H groups in total. The largest absolute Gasteiger partial charge is 0.464 e. The second kappa shape index (κ2) is 19.6. The van der Waals surface area contributed by atoms with Gasteiger partial charge in [0.05, 0.1) is 6.54 Å². The van der Waals surface area contributed by atoms with Crippen molar-refractivity contribution in [1.29, 1.82) is 0 Å². The monoisotopic (exact) mass is 443 g/mol. The average molecular weight is 444 g/mol. The van der Waals surface area contributed by atoms with E-state index >= 15 is 0 Å². The van der Waals surface area contributed by atoms with Crippen LogP contribution in [0.4, 0.5) is 0 Å². The number of rotatable bonds is 19. The minimum absolute atomic E-state index is 0.0566. The molecule has 0 radical (unpaired) electrons. The van der Waals surface area contributed by atoms with Gasteiger partial charge in [-0.05, 0) is 44.2 Å². The third kappa shape index (κ3) is 14.8. The molecule has 0 aromatic heterocycles. The highest BCUT2D eigenvalue weighted by Gasteiger charge is 2.11. The molecular weight excluding hydrogens is 398 g/mol. The fraction of sp³-hybridized carbons (Fsp3) is 0.643. The van der Waals surface area contributed by atoms with E-state index in [0.29, 0.717) is 18.5 Å². The van der Waals surface area contributed by atoms with Crippen molar-refractivity contribution in [2.45, 2.75) is 96.8 Å². The van der Waals surface area contributed by atoms with Crippen molar-refractivity contribution < 1.29 is 14.3 Å². The molecule has 0 saturated carbocycles. The summed E-state index contributed by atoms with van der Waals surface area (Å²) in [5.41, 5.74) is 0.648. The van der Waals surface area contributed by atoms with E-state index in [1.165, 1.54) is 70.6 Å². The lowest BCUT2D eigenvalue weighted by atomic mass is 10.1. The van der Waals surface area contributed by atoms with Gasteiger partial charge in [0.25, 0.3) is 5.91 Å². The predicted octanol–water partition coefficient (Wildman–Crippen LogP) is 7.34. The molecule has 1 rings (SSSR count). The Bertz CT molecular complexity index is 627. The molecule has 0 aliphatic rings. The Balaban J connectivity index is 1.90. The van der Waals surface area contributed by atoms with Crippen LogP contribution in [-0.2, 0) is 9.53 Å². The number of carbonyl (C=O) groups excluding carboxylic acids is 2. The lowest BCUT2D eigenvalue weighted by Crippen LogP contribution is -2.30. The number of carbonyl (C=O) groups is 2. The number of esters is 1. The van der Waals surface area contributed by atoms with E-state index in [4.69, 9.17) is 4.74 Å². The van der Waals surface area contributed by atoms with Crippen LogP contribution in [0.15, 0.2) is 42.5 Å². The summed E-state index contributed by atoms with van der Waals surface area (Å²) in [7, 11) is 1.73. The molecule has 32 heavy (non-hydrogen) atoms. The molecule has 1 amide bonds. The van der Waals surface area contributed by atoms with Gasteiger partial charge in [0.1, 0.15) is 6.61 Å². The first kappa shape index (κ1) is 27.9. The number of benzene rings is 1. The SMILES string of the molecule is CCCCCCCCC=CCCCCCCCC(=O)OCCN(C)C(=O)c1ccccc1. The highest BCUT2D eigenvalue weighted by Crippen LogP contribution is 2.10. The van der Waals surface area contributed by atoms with Crippen molar-refractivity contribution in [3.05, 3.63) is 48.0 Å². The van der Waals surface area contributed by atoms with E-state index in [9.17, 15) is 9.59 Å². The molecule has 0 aliphatic heterocycles. The van der Waals surface area contributed by atoms with Crippen LogP contribution in [0.1, 0.15) is 107 Å². The third-order valence-electron chi connectivity index (χ3n) is 5.70. The lowest BCUT2D eigenvalue weighted by molar-refractivity contribution is -0.144. The van der Waals surface area contributed by atoms with E-state index in [1.807, 2.05) is 18.2 Å². The average Bonchev–Trinajstić information content (AvgIpc) is 2.81. The number of unbranched alkanes of at least 4 members (excludes halogenated alkanes) is 11. The van der Waals surface area contributed by atoms with E-state index in [1.54, 1.807) is 24.1 Å². The van der Waals surface area contributed by atoms with Crippen LogP contribution in [0.25, 0.3) is 0 Å². The number of ether oxygens (including phenoxy) is 1. The second-order valence-electron chi connectivity index (χ2n) is 8.65. The number of amides is 1. The third-order valence-corrected chi connectivity index (χ3v) is 5.70. The molecule has 180 valence electrons. The summed E-state index contributed by atoms with van der Waals surface area (Å²) in [6, 6.07) is 9.15. The van der Waals surface area contributed by atoms with Gasteiger partial charge in [-0.3, -0.25) is 9.59 Å². The zero-order valence-corrected chi connectivity index (χ0v) is 20.5. The molecule has 0 fully saturated rings. The van der Waals surface area contributed by atoms with Crippen molar-refractivity contribution >= 4 is 11.9 Å². The molecule has 0 heterocycles. The van der Waals surface area contributed by atoms with Crippen molar-refractivity contribution in [2.75, 3.05) is 20.2 Å². The smallest absolute Gasteiger partial charge is 0.305 e. The Hall–Kier alpha value is -2.10. The summed E-state index contributed by atoms with van der Waals surface area (Å²) >= 11 is 0.